The Morgan fingerprint density at radius 1 is 0.970 bits per heavy atom. The molecule has 0 amide bonds. The van der Waals surface area contributed by atoms with Crippen molar-refractivity contribution in [1.29, 1.82) is 0 Å². The third-order valence-electron chi connectivity index (χ3n) is 4.33. The lowest BCUT2D eigenvalue weighted by atomic mass is 10.2. The maximum absolute atomic E-state index is 13.0. The molecular formula is C20H17N5O7S. The number of hydrogen-bond acceptors (Lipinski definition) is 9. The number of anilines is 2. The molecule has 0 heterocycles. The summed E-state index contributed by atoms with van der Waals surface area (Å²) >= 11 is 0. The maximum Gasteiger partial charge on any atom is 0.278 e. The van der Waals surface area contributed by atoms with Gasteiger partial charge in [0.15, 0.2) is 0 Å². The molecule has 0 saturated carbocycles. The highest BCUT2D eigenvalue weighted by Gasteiger charge is 2.23. The van der Waals surface area contributed by atoms with E-state index in [9.17, 15) is 28.6 Å². The van der Waals surface area contributed by atoms with Crippen molar-refractivity contribution in [2.75, 3.05) is 17.3 Å². The molecule has 0 aliphatic rings. The molecule has 0 fully saturated rings. The van der Waals surface area contributed by atoms with Gasteiger partial charge in [-0.2, -0.15) is 5.10 Å². The van der Waals surface area contributed by atoms with Crippen molar-refractivity contribution < 1.29 is 23.0 Å². The van der Waals surface area contributed by atoms with Gasteiger partial charge in [0, 0.05) is 23.9 Å². The Bertz CT molecular complexity index is 1320. The number of benzene rings is 3. The van der Waals surface area contributed by atoms with E-state index in [1.54, 1.807) is 18.2 Å². The number of para-hydroxylation sites is 1. The van der Waals surface area contributed by atoms with Crippen LogP contribution in [0.1, 0.15) is 5.56 Å². The SMILES string of the molecule is COc1ccc(NS(=O)(=O)c2cc([N+](=O)[O-])ccc2N/N=C/c2ccccc2[N+](=O)[O-])cc1. The first-order valence-corrected chi connectivity index (χ1v) is 10.7. The van der Waals surface area contributed by atoms with E-state index in [2.05, 4.69) is 15.2 Å². The molecule has 13 heteroatoms. The van der Waals surface area contributed by atoms with Gasteiger partial charge in [0.2, 0.25) is 0 Å². The molecule has 0 radical (unpaired) electrons. The van der Waals surface area contributed by atoms with Crippen molar-refractivity contribution in [2.45, 2.75) is 4.90 Å². The summed E-state index contributed by atoms with van der Waals surface area (Å²) in [6.07, 6.45) is 1.15. The topological polar surface area (TPSA) is 166 Å². The number of nitro groups is 2. The lowest BCUT2D eigenvalue weighted by Crippen LogP contribution is -2.15. The molecule has 0 atom stereocenters. The summed E-state index contributed by atoms with van der Waals surface area (Å²) < 4.78 is 33.3. The van der Waals surface area contributed by atoms with Crippen LogP contribution < -0.4 is 14.9 Å². The Hall–Kier alpha value is -4.52. The second kappa shape index (κ2) is 9.74. The van der Waals surface area contributed by atoms with Crippen molar-refractivity contribution in [1.82, 2.24) is 0 Å². The number of ether oxygens (including phenoxy) is 1. The van der Waals surface area contributed by atoms with Crippen LogP contribution in [-0.4, -0.2) is 31.6 Å². The van der Waals surface area contributed by atoms with Crippen LogP contribution >= 0.6 is 0 Å². The van der Waals surface area contributed by atoms with E-state index in [4.69, 9.17) is 4.74 Å². The van der Waals surface area contributed by atoms with Crippen LogP contribution in [0.3, 0.4) is 0 Å². The highest BCUT2D eigenvalue weighted by atomic mass is 32.2. The van der Waals surface area contributed by atoms with Gasteiger partial charge in [0.25, 0.3) is 21.4 Å². The number of sulfonamides is 1. The van der Waals surface area contributed by atoms with Gasteiger partial charge >= 0.3 is 0 Å². The van der Waals surface area contributed by atoms with Gasteiger partial charge in [-0.15, -0.1) is 0 Å². The molecule has 0 aromatic heterocycles. The number of rotatable bonds is 9. The third kappa shape index (κ3) is 5.59. The van der Waals surface area contributed by atoms with Crippen LogP contribution in [0, 0.1) is 20.2 Å². The number of hydrogen-bond donors (Lipinski definition) is 2. The molecule has 3 aromatic carbocycles. The summed E-state index contributed by atoms with van der Waals surface area (Å²) in [5.41, 5.74) is 2.16. The van der Waals surface area contributed by atoms with E-state index in [0.717, 1.165) is 18.3 Å². The number of nitrogens with one attached hydrogen (secondary N) is 2. The number of nitrogens with zero attached hydrogens (tertiary/aromatic N) is 3. The van der Waals surface area contributed by atoms with Crippen LogP contribution in [0.5, 0.6) is 5.75 Å². The largest absolute Gasteiger partial charge is 0.497 e. The monoisotopic (exact) mass is 471 g/mol. The Balaban J connectivity index is 1.94. The average molecular weight is 471 g/mol. The van der Waals surface area contributed by atoms with Crippen molar-refractivity contribution in [3.63, 3.8) is 0 Å². The zero-order chi connectivity index (χ0) is 24.0. The van der Waals surface area contributed by atoms with Gasteiger partial charge in [-0.05, 0) is 36.4 Å². The molecule has 0 spiro atoms. The Kier molecular flexibility index (Phi) is 6.83. The van der Waals surface area contributed by atoms with Crippen molar-refractivity contribution in [3.05, 3.63) is 92.5 Å². The Labute approximate surface area is 187 Å². The molecule has 3 aromatic rings. The molecule has 0 saturated heterocycles. The quantitative estimate of drug-likeness (QED) is 0.270. The van der Waals surface area contributed by atoms with Crippen LogP contribution in [0.15, 0.2) is 76.7 Å². The normalized spacial score (nSPS) is 11.2. The van der Waals surface area contributed by atoms with Gasteiger partial charge < -0.3 is 4.74 Å². The lowest BCUT2D eigenvalue weighted by molar-refractivity contribution is -0.385. The minimum absolute atomic E-state index is 0.0727. The van der Waals surface area contributed by atoms with Crippen LogP contribution in [0.4, 0.5) is 22.7 Å². The average Bonchev–Trinajstić information content (AvgIpc) is 2.79. The number of methoxy groups -OCH3 is 1. The van der Waals surface area contributed by atoms with E-state index in [1.165, 1.54) is 43.5 Å². The molecule has 0 bridgehead atoms. The minimum Gasteiger partial charge on any atom is -0.497 e. The lowest BCUT2D eigenvalue weighted by Gasteiger charge is -2.12. The fourth-order valence-corrected chi connectivity index (χ4v) is 3.98. The molecule has 2 N–H and O–H groups in total. The van der Waals surface area contributed by atoms with Crippen LogP contribution in [-0.2, 0) is 10.0 Å². The molecular weight excluding hydrogens is 454 g/mol. The van der Waals surface area contributed by atoms with Gasteiger partial charge in [-0.3, -0.25) is 30.4 Å². The molecule has 33 heavy (non-hydrogen) atoms. The first-order valence-electron chi connectivity index (χ1n) is 9.19. The van der Waals surface area contributed by atoms with Gasteiger partial charge in [0.1, 0.15) is 10.6 Å². The minimum atomic E-state index is -4.28. The predicted molar refractivity (Wildman–Crippen MR) is 121 cm³/mol. The van der Waals surface area contributed by atoms with Crippen molar-refractivity contribution in [3.8, 4) is 5.75 Å². The van der Waals surface area contributed by atoms with Gasteiger partial charge in [-0.1, -0.05) is 12.1 Å². The fraction of sp³-hybridized carbons (Fsp3) is 0.0500. The van der Waals surface area contributed by atoms with E-state index in [1.807, 2.05) is 0 Å². The summed E-state index contributed by atoms with van der Waals surface area (Å²) in [5, 5.41) is 26.2. The molecule has 12 nitrogen and oxygen atoms in total. The summed E-state index contributed by atoms with van der Waals surface area (Å²) in [5.74, 6) is 0.514. The predicted octanol–water partition coefficient (Wildman–Crippen LogP) is 3.76. The van der Waals surface area contributed by atoms with Crippen molar-refractivity contribution >= 4 is 39.0 Å². The van der Waals surface area contributed by atoms with Crippen LogP contribution in [0.2, 0.25) is 0 Å². The highest BCUT2D eigenvalue weighted by molar-refractivity contribution is 7.92. The van der Waals surface area contributed by atoms with Gasteiger partial charge in [0.05, 0.1) is 34.4 Å². The molecule has 170 valence electrons. The highest BCUT2D eigenvalue weighted by Crippen LogP contribution is 2.29. The molecule has 0 unspecified atom stereocenters. The Morgan fingerprint density at radius 3 is 2.30 bits per heavy atom. The first kappa shape index (κ1) is 23.1. The molecule has 0 aliphatic heterocycles. The first-order chi connectivity index (χ1) is 15.7. The summed E-state index contributed by atoms with van der Waals surface area (Å²) in [6.45, 7) is 0. The summed E-state index contributed by atoms with van der Waals surface area (Å²) in [6, 6.07) is 15.0. The zero-order valence-electron chi connectivity index (χ0n) is 17.0. The number of hydrazone groups is 1. The van der Waals surface area contributed by atoms with E-state index in [-0.39, 0.29) is 22.6 Å². The summed E-state index contributed by atoms with van der Waals surface area (Å²) in [7, 11) is -2.81. The van der Waals surface area contributed by atoms with Gasteiger partial charge in [-0.25, -0.2) is 8.42 Å². The summed E-state index contributed by atoms with van der Waals surface area (Å²) in [4.78, 5) is 20.6. The number of nitro benzene ring substituents is 2. The van der Waals surface area contributed by atoms with Crippen LogP contribution in [0.25, 0.3) is 0 Å². The second-order valence-electron chi connectivity index (χ2n) is 6.46. The standard InChI is InChI=1S/C20H17N5O7S/c1-32-17-9-6-15(7-10-17)23-33(30,31)20-12-16(24(26)27)8-11-18(20)22-21-13-14-4-2-3-5-19(14)25(28)29/h2-13,22-23H,1H3/b21-13+. The van der Waals surface area contributed by atoms with Crippen molar-refractivity contribution in [2.24, 2.45) is 5.10 Å². The fourth-order valence-electron chi connectivity index (χ4n) is 2.74. The van der Waals surface area contributed by atoms with E-state index >= 15 is 0 Å². The molecule has 0 aliphatic carbocycles. The molecule has 3 rings (SSSR count). The smallest absolute Gasteiger partial charge is 0.278 e. The van der Waals surface area contributed by atoms with E-state index < -0.39 is 30.5 Å². The second-order valence-corrected chi connectivity index (χ2v) is 8.11. The third-order valence-corrected chi connectivity index (χ3v) is 5.75. The maximum atomic E-state index is 13.0. The Morgan fingerprint density at radius 2 is 1.67 bits per heavy atom. The van der Waals surface area contributed by atoms with E-state index in [0.29, 0.717) is 5.75 Å². The number of non-ortho nitro benzene ring substituents is 1. The zero-order valence-corrected chi connectivity index (χ0v) is 17.9.